The van der Waals surface area contributed by atoms with E-state index in [1.807, 2.05) is 13.0 Å². The van der Waals surface area contributed by atoms with Gasteiger partial charge in [-0.3, -0.25) is 0 Å². The van der Waals surface area contributed by atoms with Gasteiger partial charge < -0.3 is 25.2 Å². The molecule has 0 amide bonds. The van der Waals surface area contributed by atoms with Gasteiger partial charge in [0.15, 0.2) is 17.5 Å². The van der Waals surface area contributed by atoms with E-state index in [0.29, 0.717) is 30.5 Å². The number of hydrogen-bond donors (Lipinski definition) is 3. The zero-order chi connectivity index (χ0) is 20.5. The largest absolute Gasteiger partial charge is 0.493 e. The van der Waals surface area contributed by atoms with Crippen LogP contribution in [0.25, 0.3) is 0 Å². The van der Waals surface area contributed by atoms with Crippen LogP contribution in [0.1, 0.15) is 35.3 Å². The van der Waals surface area contributed by atoms with Gasteiger partial charge >= 0.3 is 0 Å². The summed E-state index contributed by atoms with van der Waals surface area (Å²) in [6.07, 6.45) is -0.704. The minimum atomic E-state index is -0.704. The Bertz CT molecular complexity index is 806. The summed E-state index contributed by atoms with van der Waals surface area (Å²) in [4.78, 5) is 4.64. The monoisotopic (exact) mass is 385 g/mol. The Labute approximate surface area is 167 Å². The maximum absolute atomic E-state index is 10.5. The lowest BCUT2D eigenvalue weighted by atomic mass is 10.1. The van der Waals surface area contributed by atoms with E-state index in [1.54, 1.807) is 26.4 Å². The molecule has 6 nitrogen and oxygen atoms in total. The fraction of sp³-hybridized carbons (Fsp3) is 0.409. The van der Waals surface area contributed by atoms with Crippen LogP contribution >= 0.6 is 0 Å². The van der Waals surface area contributed by atoms with Crippen molar-refractivity contribution in [2.24, 2.45) is 4.99 Å². The molecule has 0 spiro atoms. The van der Waals surface area contributed by atoms with Crippen molar-refractivity contribution in [3.05, 3.63) is 58.7 Å². The second-order valence-electron chi connectivity index (χ2n) is 6.64. The van der Waals surface area contributed by atoms with Gasteiger partial charge in [0.25, 0.3) is 0 Å². The Hall–Kier alpha value is -2.73. The molecule has 0 heterocycles. The van der Waals surface area contributed by atoms with E-state index in [-0.39, 0.29) is 0 Å². The van der Waals surface area contributed by atoms with Crippen molar-refractivity contribution in [2.45, 2.75) is 33.4 Å². The molecule has 0 aliphatic heterocycles. The van der Waals surface area contributed by atoms with E-state index in [9.17, 15) is 5.11 Å². The Morgan fingerprint density at radius 3 is 2.43 bits per heavy atom. The van der Waals surface area contributed by atoms with Gasteiger partial charge in [0.05, 0.1) is 26.9 Å². The normalized spacial score (nSPS) is 12.4. The van der Waals surface area contributed by atoms with Crippen LogP contribution in [0.2, 0.25) is 0 Å². The first-order valence-corrected chi connectivity index (χ1v) is 9.46. The number of methoxy groups -OCH3 is 2. The van der Waals surface area contributed by atoms with Crippen molar-refractivity contribution < 1.29 is 14.6 Å². The van der Waals surface area contributed by atoms with Crippen LogP contribution in [0.5, 0.6) is 11.5 Å². The number of ether oxygens (including phenoxy) is 2. The van der Waals surface area contributed by atoms with Crippen LogP contribution < -0.4 is 20.1 Å². The summed E-state index contributed by atoms with van der Waals surface area (Å²) in [6, 6.07) is 11.8. The molecule has 0 aromatic heterocycles. The van der Waals surface area contributed by atoms with E-state index in [0.717, 1.165) is 12.1 Å². The van der Waals surface area contributed by atoms with E-state index in [4.69, 9.17) is 9.47 Å². The lowest BCUT2D eigenvalue weighted by molar-refractivity contribution is 0.180. The first-order valence-electron chi connectivity index (χ1n) is 9.46. The molecule has 28 heavy (non-hydrogen) atoms. The summed E-state index contributed by atoms with van der Waals surface area (Å²) >= 11 is 0. The number of aryl methyl sites for hydroxylation is 2. The van der Waals surface area contributed by atoms with Crippen molar-refractivity contribution in [1.29, 1.82) is 0 Å². The number of guanidine groups is 1. The Kier molecular flexibility index (Phi) is 8.14. The van der Waals surface area contributed by atoms with Crippen LogP contribution in [0.3, 0.4) is 0 Å². The van der Waals surface area contributed by atoms with Crippen LogP contribution in [0.4, 0.5) is 0 Å². The average molecular weight is 386 g/mol. The molecule has 2 aromatic rings. The van der Waals surface area contributed by atoms with Crippen molar-refractivity contribution in [2.75, 3.05) is 27.3 Å². The van der Waals surface area contributed by atoms with Crippen LogP contribution in [0.15, 0.2) is 41.4 Å². The molecule has 1 atom stereocenters. The number of aliphatic imine (C=N–C) groups is 1. The van der Waals surface area contributed by atoms with Crippen LogP contribution in [0, 0.1) is 13.8 Å². The molecule has 0 saturated heterocycles. The fourth-order valence-corrected chi connectivity index (χ4v) is 2.90. The Morgan fingerprint density at radius 2 is 1.79 bits per heavy atom. The summed E-state index contributed by atoms with van der Waals surface area (Å²) < 4.78 is 10.5. The molecule has 0 aliphatic carbocycles. The average Bonchev–Trinajstić information content (AvgIpc) is 2.70. The topological polar surface area (TPSA) is 75.1 Å². The molecule has 0 fully saturated rings. The summed E-state index contributed by atoms with van der Waals surface area (Å²) in [5, 5.41) is 17.0. The predicted octanol–water partition coefficient (Wildman–Crippen LogP) is 3.11. The molecule has 0 radical (unpaired) electrons. The zero-order valence-electron chi connectivity index (χ0n) is 17.4. The third-order valence-electron chi connectivity index (χ3n) is 4.51. The van der Waals surface area contributed by atoms with Gasteiger partial charge in [-0.05, 0) is 49.6 Å². The Balaban J connectivity index is 2.03. The number of benzene rings is 2. The number of nitrogens with zero attached hydrogens (tertiary/aromatic N) is 1. The highest BCUT2D eigenvalue weighted by Gasteiger charge is 2.12. The highest BCUT2D eigenvalue weighted by molar-refractivity contribution is 5.79. The maximum Gasteiger partial charge on any atom is 0.191 e. The van der Waals surface area contributed by atoms with Gasteiger partial charge in [0.1, 0.15) is 0 Å². The predicted molar refractivity (Wildman–Crippen MR) is 113 cm³/mol. The number of nitrogens with one attached hydrogen (secondary N) is 2. The summed E-state index contributed by atoms with van der Waals surface area (Å²) in [6.45, 7) is 7.84. The first kappa shape index (κ1) is 21.6. The number of aliphatic hydroxyl groups is 1. The summed E-state index contributed by atoms with van der Waals surface area (Å²) in [7, 11) is 3.17. The van der Waals surface area contributed by atoms with Gasteiger partial charge in [-0.2, -0.15) is 0 Å². The number of aliphatic hydroxyl groups excluding tert-OH is 1. The smallest absolute Gasteiger partial charge is 0.191 e. The van der Waals surface area contributed by atoms with Gasteiger partial charge in [-0.25, -0.2) is 4.99 Å². The summed E-state index contributed by atoms with van der Waals surface area (Å²) in [5.41, 5.74) is 4.40. The zero-order valence-corrected chi connectivity index (χ0v) is 17.4. The molecule has 2 rings (SSSR count). The van der Waals surface area contributed by atoms with Crippen molar-refractivity contribution >= 4 is 5.96 Å². The standard InChI is InChI=1S/C22H31N3O3/c1-6-23-22(24-13-18-8-7-15(2)11-16(18)3)25-14-19(26)17-9-10-20(27-4)21(12-17)28-5/h7-12,19,26H,6,13-14H2,1-5H3,(H2,23,24,25). The van der Waals surface area contributed by atoms with Gasteiger partial charge in [0, 0.05) is 13.1 Å². The van der Waals surface area contributed by atoms with Crippen LogP contribution in [-0.2, 0) is 6.54 Å². The van der Waals surface area contributed by atoms with Gasteiger partial charge in [-0.15, -0.1) is 0 Å². The van der Waals surface area contributed by atoms with Crippen molar-refractivity contribution in [3.8, 4) is 11.5 Å². The van der Waals surface area contributed by atoms with E-state index >= 15 is 0 Å². The van der Waals surface area contributed by atoms with Crippen molar-refractivity contribution in [3.63, 3.8) is 0 Å². The Morgan fingerprint density at radius 1 is 1.04 bits per heavy atom. The summed E-state index contributed by atoms with van der Waals surface area (Å²) in [5.74, 6) is 1.89. The minimum absolute atomic E-state index is 0.328. The molecule has 152 valence electrons. The maximum atomic E-state index is 10.5. The molecule has 0 aliphatic rings. The van der Waals surface area contributed by atoms with Gasteiger partial charge in [-0.1, -0.05) is 29.8 Å². The lowest BCUT2D eigenvalue weighted by Crippen LogP contribution is -2.39. The fourth-order valence-electron chi connectivity index (χ4n) is 2.90. The van der Waals surface area contributed by atoms with Crippen molar-refractivity contribution in [1.82, 2.24) is 10.6 Å². The third kappa shape index (κ3) is 5.89. The SMILES string of the molecule is CCNC(=NCc1ccc(C)cc1C)NCC(O)c1ccc(OC)c(OC)c1. The highest BCUT2D eigenvalue weighted by atomic mass is 16.5. The number of rotatable bonds is 8. The third-order valence-corrected chi connectivity index (χ3v) is 4.51. The van der Waals surface area contributed by atoms with Crippen LogP contribution in [-0.4, -0.2) is 38.4 Å². The molecule has 3 N–H and O–H groups in total. The molecular formula is C22H31N3O3. The first-order chi connectivity index (χ1) is 13.5. The second kappa shape index (κ2) is 10.6. The van der Waals surface area contributed by atoms with Gasteiger partial charge in [0.2, 0.25) is 0 Å². The quantitative estimate of drug-likeness (QED) is 0.481. The molecule has 0 bridgehead atoms. The second-order valence-corrected chi connectivity index (χ2v) is 6.64. The van der Waals surface area contributed by atoms with E-state index < -0.39 is 6.10 Å². The minimum Gasteiger partial charge on any atom is -0.493 e. The van der Waals surface area contributed by atoms with E-state index in [1.165, 1.54) is 16.7 Å². The van der Waals surface area contributed by atoms with E-state index in [2.05, 4.69) is 47.7 Å². The number of hydrogen-bond acceptors (Lipinski definition) is 4. The molecular weight excluding hydrogens is 354 g/mol. The molecule has 1 unspecified atom stereocenters. The lowest BCUT2D eigenvalue weighted by Gasteiger charge is -2.17. The molecule has 6 heteroatoms. The molecule has 2 aromatic carbocycles. The highest BCUT2D eigenvalue weighted by Crippen LogP contribution is 2.29. The molecule has 0 saturated carbocycles.